The van der Waals surface area contributed by atoms with Crippen molar-refractivity contribution in [3.8, 4) is 0 Å². The zero-order chi connectivity index (χ0) is 15.7. The van der Waals surface area contributed by atoms with Crippen molar-refractivity contribution in [2.75, 3.05) is 18.0 Å². The summed E-state index contributed by atoms with van der Waals surface area (Å²) >= 11 is 0. The van der Waals surface area contributed by atoms with Gasteiger partial charge in [0.05, 0.1) is 10.5 Å². The maximum Gasteiger partial charge on any atom is 0.240 e. The van der Waals surface area contributed by atoms with Gasteiger partial charge in [-0.2, -0.15) is 0 Å². The van der Waals surface area contributed by atoms with E-state index < -0.39 is 15.6 Å². The number of benzene rings is 1. The highest BCUT2D eigenvalue weighted by atomic mass is 32.2. The van der Waals surface area contributed by atoms with Gasteiger partial charge < -0.3 is 10.0 Å². The molecule has 118 valence electrons. The fourth-order valence-electron chi connectivity index (χ4n) is 2.68. The van der Waals surface area contributed by atoms with Crippen molar-refractivity contribution in [3.63, 3.8) is 0 Å². The highest BCUT2D eigenvalue weighted by molar-refractivity contribution is 7.89. The average Bonchev–Trinajstić information content (AvgIpc) is 2.35. The summed E-state index contributed by atoms with van der Waals surface area (Å²) in [7, 11) is -3.44. The minimum atomic E-state index is -3.44. The number of aliphatic hydroxyl groups is 1. The zero-order valence-corrected chi connectivity index (χ0v) is 13.7. The molecule has 0 amide bonds. The summed E-state index contributed by atoms with van der Waals surface area (Å²) in [5, 5.41) is 10.2. The molecule has 0 radical (unpaired) electrons. The summed E-state index contributed by atoms with van der Waals surface area (Å²) in [4.78, 5) is 2.33. The van der Waals surface area contributed by atoms with Crippen LogP contribution in [0.4, 0.5) is 5.69 Å². The Bertz CT molecular complexity index is 575. The largest absolute Gasteiger partial charge is 0.386 e. The zero-order valence-electron chi connectivity index (χ0n) is 12.8. The Kier molecular flexibility index (Phi) is 4.60. The van der Waals surface area contributed by atoms with Crippen LogP contribution in [0, 0.1) is 0 Å². The molecule has 1 aliphatic heterocycles. The van der Waals surface area contributed by atoms with Gasteiger partial charge in [-0.3, -0.25) is 0 Å². The van der Waals surface area contributed by atoms with Gasteiger partial charge in [0, 0.05) is 24.8 Å². The summed E-state index contributed by atoms with van der Waals surface area (Å²) in [5.41, 5.74) is 0.359. The van der Waals surface area contributed by atoms with E-state index in [-0.39, 0.29) is 10.9 Å². The number of sulfonamides is 1. The first-order valence-corrected chi connectivity index (χ1v) is 8.84. The van der Waals surface area contributed by atoms with Crippen LogP contribution in [0.3, 0.4) is 0 Å². The smallest absolute Gasteiger partial charge is 0.240 e. The van der Waals surface area contributed by atoms with E-state index in [0.717, 1.165) is 18.5 Å². The van der Waals surface area contributed by atoms with Crippen LogP contribution >= 0.6 is 0 Å². The third kappa shape index (κ3) is 3.75. The number of hydrogen-bond donors (Lipinski definition) is 2. The first kappa shape index (κ1) is 16.3. The number of hydrogen-bond acceptors (Lipinski definition) is 4. The first-order chi connectivity index (χ1) is 9.76. The predicted octanol–water partition coefficient (Wildman–Crippen LogP) is 1.72. The molecular weight excluding hydrogens is 288 g/mol. The number of rotatable bonds is 6. The fourth-order valence-corrected chi connectivity index (χ4v) is 3.94. The number of nitrogens with one attached hydrogen (secondary N) is 1. The van der Waals surface area contributed by atoms with E-state index in [4.69, 9.17) is 0 Å². The van der Waals surface area contributed by atoms with Gasteiger partial charge in [0.2, 0.25) is 10.0 Å². The Morgan fingerprint density at radius 3 is 2.33 bits per heavy atom. The standard InChI is InChI=1S/C15H24N2O3S/c1-4-9-15(18)10-17(11-15)13-5-7-14(8-6-13)21(19,20)16-12(2)3/h5-8,12,16,18H,4,9-11H2,1-3H3. The summed E-state index contributed by atoms with van der Waals surface area (Å²) < 4.78 is 26.6. The van der Waals surface area contributed by atoms with Gasteiger partial charge in [-0.1, -0.05) is 13.3 Å². The molecular formula is C15H24N2O3S. The normalized spacial score (nSPS) is 17.9. The molecule has 2 rings (SSSR count). The minimum absolute atomic E-state index is 0.130. The maximum atomic E-state index is 12.0. The summed E-state index contributed by atoms with van der Waals surface area (Å²) in [6.45, 7) is 6.86. The van der Waals surface area contributed by atoms with Crippen LogP contribution in [0.1, 0.15) is 33.6 Å². The molecule has 5 nitrogen and oxygen atoms in total. The topological polar surface area (TPSA) is 69.6 Å². The number of nitrogens with zero attached hydrogens (tertiary/aromatic N) is 1. The molecule has 1 aliphatic rings. The minimum Gasteiger partial charge on any atom is -0.386 e. The van der Waals surface area contributed by atoms with Crippen LogP contribution in [0.15, 0.2) is 29.2 Å². The second kappa shape index (κ2) is 5.94. The van der Waals surface area contributed by atoms with E-state index in [9.17, 15) is 13.5 Å². The maximum absolute atomic E-state index is 12.0. The molecule has 0 atom stereocenters. The van der Waals surface area contributed by atoms with Gasteiger partial charge >= 0.3 is 0 Å². The Hall–Kier alpha value is -1.11. The van der Waals surface area contributed by atoms with E-state index in [1.54, 1.807) is 38.1 Å². The predicted molar refractivity (Wildman–Crippen MR) is 84.0 cm³/mol. The Morgan fingerprint density at radius 2 is 1.86 bits per heavy atom. The van der Waals surface area contributed by atoms with Crippen molar-refractivity contribution in [3.05, 3.63) is 24.3 Å². The molecule has 0 unspecified atom stereocenters. The number of β-amino-alcohol motifs (C(OH)–C–C–N with tert-alkyl or cyclic N) is 1. The molecule has 1 heterocycles. The monoisotopic (exact) mass is 312 g/mol. The Labute approximate surface area is 127 Å². The van der Waals surface area contributed by atoms with Gasteiger partial charge in [0.1, 0.15) is 0 Å². The van der Waals surface area contributed by atoms with E-state index >= 15 is 0 Å². The molecule has 1 aromatic rings. The molecule has 1 saturated heterocycles. The van der Waals surface area contributed by atoms with Crippen LogP contribution in [0.5, 0.6) is 0 Å². The lowest BCUT2D eigenvalue weighted by Crippen LogP contribution is -2.61. The van der Waals surface area contributed by atoms with E-state index in [0.29, 0.717) is 13.1 Å². The second-order valence-corrected chi connectivity index (χ2v) is 7.81. The van der Waals surface area contributed by atoms with Crippen molar-refractivity contribution < 1.29 is 13.5 Å². The van der Waals surface area contributed by atoms with Crippen molar-refractivity contribution in [1.29, 1.82) is 0 Å². The van der Waals surface area contributed by atoms with Crippen LogP contribution < -0.4 is 9.62 Å². The van der Waals surface area contributed by atoms with Crippen LogP contribution in [-0.4, -0.2) is 38.3 Å². The summed E-state index contributed by atoms with van der Waals surface area (Å²) in [6.07, 6.45) is 1.76. The Morgan fingerprint density at radius 1 is 1.29 bits per heavy atom. The van der Waals surface area contributed by atoms with Gasteiger partial charge in [0.25, 0.3) is 0 Å². The molecule has 1 fully saturated rings. The van der Waals surface area contributed by atoms with Crippen molar-refractivity contribution in [1.82, 2.24) is 4.72 Å². The lowest BCUT2D eigenvalue weighted by molar-refractivity contribution is 0.00339. The molecule has 0 bridgehead atoms. The van der Waals surface area contributed by atoms with E-state index in [1.807, 2.05) is 0 Å². The molecule has 2 N–H and O–H groups in total. The van der Waals surface area contributed by atoms with Crippen LogP contribution in [0.25, 0.3) is 0 Å². The molecule has 1 aromatic carbocycles. The third-order valence-electron chi connectivity index (χ3n) is 3.59. The van der Waals surface area contributed by atoms with Crippen LogP contribution in [0.2, 0.25) is 0 Å². The second-order valence-electron chi connectivity index (χ2n) is 6.10. The molecule has 0 aliphatic carbocycles. The average molecular weight is 312 g/mol. The first-order valence-electron chi connectivity index (χ1n) is 7.35. The lowest BCUT2D eigenvalue weighted by atomic mass is 9.89. The van der Waals surface area contributed by atoms with Crippen molar-refractivity contribution in [2.45, 2.75) is 50.2 Å². The van der Waals surface area contributed by atoms with E-state index in [1.165, 1.54) is 0 Å². The van der Waals surface area contributed by atoms with Gasteiger partial charge in [-0.25, -0.2) is 13.1 Å². The molecule has 6 heteroatoms. The number of anilines is 1. The molecule has 0 aromatic heterocycles. The lowest BCUT2D eigenvalue weighted by Gasteiger charge is -2.48. The molecule has 0 saturated carbocycles. The Balaban J connectivity index is 2.04. The summed E-state index contributed by atoms with van der Waals surface area (Å²) in [6, 6.07) is 6.67. The van der Waals surface area contributed by atoms with Crippen LogP contribution in [-0.2, 0) is 10.0 Å². The van der Waals surface area contributed by atoms with Crippen molar-refractivity contribution in [2.24, 2.45) is 0 Å². The van der Waals surface area contributed by atoms with Crippen molar-refractivity contribution >= 4 is 15.7 Å². The fraction of sp³-hybridized carbons (Fsp3) is 0.600. The SMILES string of the molecule is CCCC1(O)CN(c2ccc(S(=O)(=O)NC(C)C)cc2)C1. The van der Waals surface area contributed by atoms with Gasteiger partial charge in [-0.05, 0) is 44.5 Å². The van der Waals surface area contributed by atoms with Gasteiger partial charge in [-0.15, -0.1) is 0 Å². The van der Waals surface area contributed by atoms with Gasteiger partial charge in [0.15, 0.2) is 0 Å². The highest BCUT2D eigenvalue weighted by Gasteiger charge is 2.40. The quantitative estimate of drug-likeness (QED) is 0.839. The van der Waals surface area contributed by atoms with E-state index in [2.05, 4.69) is 16.5 Å². The molecule has 0 spiro atoms. The third-order valence-corrected chi connectivity index (χ3v) is 5.26. The summed E-state index contributed by atoms with van der Waals surface area (Å²) in [5.74, 6) is 0. The highest BCUT2D eigenvalue weighted by Crippen LogP contribution is 2.31. The molecule has 21 heavy (non-hydrogen) atoms.